The van der Waals surface area contributed by atoms with Gasteiger partial charge in [-0.15, -0.1) is 0 Å². The molecule has 92 valence electrons. The fourth-order valence-electron chi connectivity index (χ4n) is 3.08. The van der Waals surface area contributed by atoms with E-state index in [0.717, 1.165) is 12.8 Å². The molecule has 2 aliphatic rings. The van der Waals surface area contributed by atoms with E-state index in [1.807, 2.05) is 12.1 Å². The molecule has 1 aromatic heterocycles. The Morgan fingerprint density at radius 1 is 1.29 bits per heavy atom. The van der Waals surface area contributed by atoms with Gasteiger partial charge < -0.3 is 9.64 Å². The summed E-state index contributed by atoms with van der Waals surface area (Å²) in [6.45, 7) is 0. The van der Waals surface area contributed by atoms with Crippen molar-refractivity contribution in [2.45, 2.75) is 43.9 Å². The van der Waals surface area contributed by atoms with Gasteiger partial charge in [-0.2, -0.15) is 0 Å². The number of halogens is 1. The van der Waals surface area contributed by atoms with Gasteiger partial charge in [-0.05, 0) is 38.8 Å². The van der Waals surface area contributed by atoms with Crippen molar-refractivity contribution in [3.8, 4) is 5.88 Å². The third kappa shape index (κ3) is 2.26. The van der Waals surface area contributed by atoms with Crippen LogP contribution in [-0.4, -0.2) is 35.1 Å². The summed E-state index contributed by atoms with van der Waals surface area (Å²) in [5.74, 6) is 0.659. The predicted molar refractivity (Wildman–Crippen MR) is 67.5 cm³/mol. The first-order valence-electron chi connectivity index (χ1n) is 6.23. The molecule has 0 amide bonds. The highest BCUT2D eigenvalue weighted by molar-refractivity contribution is 6.29. The smallest absolute Gasteiger partial charge is 0.214 e. The van der Waals surface area contributed by atoms with Crippen LogP contribution in [-0.2, 0) is 0 Å². The van der Waals surface area contributed by atoms with Crippen molar-refractivity contribution in [1.82, 2.24) is 9.88 Å². The van der Waals surface area contributed by atoms with Crippen LogP contribution in [0.1, 0.15) is 25.7 Å². The number of fused-ring (bicyclic) bond motifs is 2. The molecule has 0 aliphatic carbocycles. The Labute approximate surface area is 107 Å². The Morgan fingerprint density at radius 3 is 2.65 bits per heavy atom. The number of aromatic nitrogens is 1. The molecular formula is C13H17ClN2O. The molecule has 0 saturated carbocycles. The molecule has 2 saturated heterocycles. The summed E-state index contributed by atoms with van der Waals surface area (Å²) in [5, 5.41) is 0.499. The van der Waals surface area contributed by atoms with Crippen molar-refractivity contribution in [2.75, 3.05) is 7.05 Å². The summed E-state index contributed by atoms with van der Waals surface area (Å²) in [4.78, 5) is 6.69. The van der Waals surface area contributed by atoms with Crippen LogP contribution in [0, 0.1) is 0 Å². The summed E-state index contributed by atoms with van der Waals surface area (Å²) < 4.78 is 5.94. The summed E-state index contributed by atoms with van der Waals surface area (Å²) in [6, 6.07) is 6.92. The molecule has 3 nitrogen and oxygen atoms in total. The van der Waals surface area contributed by atoms with Crippen molar-refractivity contribution in [3.63, 3.8) is 0 Å². The van der Waals surface area contributed by atoms with Gasteiger partial charge in [0.1, 0.15) is 11.3 Å². The molecule has 17 heavy (non-hydrogen) atoms. The molecule has 0 aromatic carbocycles. The highest BCUT2D eigenvalue weighted by Gasteiger charge is 2.39. The second-order valence-corrected chi connectivity index (χ2v) is 5.45. The molecule has 3 heterocycles. The van der Waals surface area contributed by atoms with Gasteiger partial charge in [-0.3, -0.25) is 0 Å². The molecule has 0 radical (unpaired) electrons. The van der Waals surface area contributed by atoms with Gasteiger partial charge in [0.15, 0.2) is 0 Å². The topological polar surface area (TPSA) is 25.4 Å². The Kier molecular flexibility index (Phi) is 2.97. The van der Waals surface area contributed by atoms with Crippen molar-refractivity contribution in [1.29, 1.82) is 0 Å². The van der Waals surface area contributed by atoms with Crippen LogP contribution < -0.4 is 4.74 Å². The first kappa shape index (κ1) is 11.3. The lowest BCUT2D eigenvalue weighted by molar-refractivity contribution is 0.0633. The van der Waals surface area contributed by atoms with Crippen molar-refractivity contribution >= 4 is 11.6 Å². The van der Waals surface area contributed by atoms with Gasteiger partial charge in [0.2, 0.25) is 5.88 Å². The number of ether oxygens (including phenoxy) is 1. The summed E-state index contributed by atoms with van der Waals surface area (Å²) in [7, 11) is 2.23. The van der Waals surface area contributed by atoms with E-state index >= 15 is 0 Å². The molecule has 2 fully saturated rings. The van der Waals surface area contributed by atoms with E-state index in [9.17, 15) is 0 Å². The monoisotopic (exact) mass is 252 g/mol. The van der Waals surface area contributed by atoms with Gasteiger partial charge in [0, 0.05) is 18.2 Å². The van der Waals surface area contributed by atoms with E-state index in [-0.39, 0.29) is 0 Å². The highest BCUT2D eigenvalue weighted by atomic mass is 35.5. The van der Waals surface area contributed by atoms with E-state index in [1.165, 1.54) is 12.8 Å². The van der Waals surface area contributed by atoms with E-state index in [0.29, 0.717) is 29.2 Å². The molecule has 3 atom stereocenters. The minimum atomic E-state index is 0.301. The van der Waals surface area contributed by atoms with Crippen LogP contribution in [0.5, 0.6) is 5.88 Å². The first-order valence-corrected chi connectivity index (χ1v) is 6.61. The number of hydrogen-bond donors (Lipinski definition) is 0. The number of rotatable bonds is 2. The zero-order valence-corrected chi connectivity index (χ0v) is 10.7. The van der Waals surface area contributed by atoms with Crippen LogP contribution in [0.25, 0.3) is 0 Å². The normalized spacial score (nSPS) is 32.7. The SMILES string of the molecule is CN1[C@@H]2CC[C@H]1CC(Oc1cccc(Cl)n1)C2. The number of pyridine rings is 1. The van der Waals surface area contributed by atoms with E-state index in [2.05, 4.69) is 16.9 Å². The van der Waals surface area contributed by atoms with Gasteiger partial charge >= 0.3 is 0 Å². The van der Waals surface area contributed by atoms with Gasteiger partial charge in [-0.25, -0.2) is 4.98 Å². The average Bonchev–Trinajstić information content (AvgIpc) is 2.52. The molecule has 3 rings (SSSR count). The first-order chi connectivity index (χ1) is 8.22. The molecule has 2 aliphatic heterocycles. The van der Waals surface area contributed by atoms with Crippen LogP contribution in [0.2, 0.25) is 5.15 Å². The maximum Gasteiger partial charge on any atom is 0.214 e. The largest absolute Gasteiger partial charge is 0.474 e. The molecule has 4 heteroatoms. The molecule has 1 aromatic rings. The van der Waals surface area contributed by atoms with Gasteiger partial charge in [0.05, 0.1) is 0 Å². The van der Waals surface area contributed by atoms with Gasteiger partial charge in [-0.1, -0.05) is 17.7 Å². The molecule has 0 N–H and O–H groups in total. The predicted octanol–water partition coefficient (Wildman–Crippen LogP) is 2.74. The molecular weight excluding hydrogens is 236 g/mol. The Morgan fingerprint density at radius 2 is 2.00 bits per heavy atom. The molecule has 1 unspecified atom stereocenters. The standard InChI is InChI=1S/C13H17ClN2O/c1-16-9-5-6-10(16)8-11(7-9)17-13-4-2-3-12(14)15-13/h2-4,9-11H,5-8H2,1H3/t9-,10+,11?. The van der Waals surface area contributed by atoms with E-state index in [1.54, 1.807) is 6.07 Å². The average molecular weight is 253 g/mol. The Hall–Kier alpha value is -0.800. The maximum absolute atomic E-state index is 5.94. The van der Waals surface area contributed by atoms with E-state index < -0.39 is 0 Å². The van der Waals surface area contributed by atoms with E-state index in [4.69, 9.17) is 16.3 Å². The lowest BCUT2D eigenvalue weighted by Crippen LogP contribution is -2.43. The fraction of sp³-hybridized carbons (Fsp3) is 0.615. The van der Waals surface area contributed by atoms with Crippen LogP contribution in [0.4, 0.5) is 0 Å². The summed E-state index contributed by atoms with van der Waals surface area (Å²) in [5.41, 5.74) is 0. The van der Waals surface area contributed by atoms with Crippen molar-refractivity contribution in [3.05, 3.63) is 23.4 Å². The zero-order valence-electron chi connectivity index (χ0n) is 9.97. The summed E-state index contributed by atoms with van der Waals surface area (Å²) >= 11 is 5.86. The van der Waals surface area contributed by atoms with Gasteiger partial charge in [0.25, 0.3) is 0 Å². The lowest BCUT2D eigenvalue weighted by Gasteiger charge is -2.36. The second kappa shape index (κ2) is 4.46. The van der Waals surface area contributed by atoms with Crippen LogP contribution in [0.3, 0.4) is 0 Å². The molecule has 0 spiro atoms. The van der Waals surface area contributed by atoms with Crippen LogP contribution >= 0.6 is 11.6 Å². The number of piperidine rings is 1. The second-order valence-electron chi connectivity index (χ2n) is 5.06. The third-order valence-corrected chi connectivity index (χ3v) is 4.24. The minimum Gasteiger partial charge on any atom is -0.474 e. The Balaban J connectivity index is 1.67. The van der Waals surface area contributed by atoms with Crippen molar-refractivity contribution < 1.29 is 4.74 Å². The number of hydrogen-bond acceptors (Lipinski definition) is 3. The molecule has 2 bridgehead atoms. The Bertz CT molecular complexity index is 398. The maximum atomic E-state index is 5.94. The number of nitrogens with zero attached hydrogens (tertiary/aromatic N) is 2. The minimum absolute atomic E-state index is 0.301. The van der Waals surface area contributed by atoms with Crippen molar-refractivity contribution in [2.24, 2.45) is 0 Å². The zero-order chi connectivity index (χ0) is 11.8. The lowest BCUT2D eigenvalue weighted by atomic mass is 10.0. The van der Waals surface area contributed by atoms with Crippen LogP contribution in [0.15, 0.2) is 18.2 Å². The summed E-state index contributed by atoms with van der Waals surface area (Å²) in [6.07, 6.45) is 5.14. The quantitative estimate of drug-likeness (QED) is 0.757. The third-order valence-electron chi connectivity index (χ3n) is 4.03. The fourth-order valence-corrected chi connectivity index (χ4v) is 3.24. The highest BCUT2D eigenvalue weighted by Crippen LogP contribution is 2.35.